The van der Waals surface area contributed by atoms with Crippen molar-refractivity contribution in [2.24, 2.45) is 7.05 Å². The first-order valence-electron chi connectivity index (χ1n) is 6.23. The molecule has 0 saturated heterocycles. The van der Waals surface area contributed by atoms with Crippen molar-refractivity contribution in [3.8, 4) is 0 Å². The molecule has 1 rings (SSSR count). The molecule has 1 heterocycles. The summed E-state index contributed by atoms with van der Waals surface area (Å²) in [5.74, 6) is 0.110. The Hall–Kier alpha value is -2.25. The Balaban J connectivity index is 2.31. The minimum absolute atomic E-state index is 0.119. The number of nitrogen functional groups attached to an aromatic ring is 1. The van der Waals surface area contributed by atoms with Crippen molar-refractivity contribution in [1.29, 1.82) is 0 Å². The van der Waals surface area contributed by atoms with E-state index in [4.69, 9.17) is 10.5 Å². The van der Waals surface area contributed by atoms with Crippen LogP contribution in [-0.2, 0) is 16.6 Å². The van der Waals surface area contributed by atoms with E-state index in [2.05, 4.69) is 15.7 Å². The van der Waals surface area contributed by atoms with E-state index >= 15 is 0 Å². The van der Waals surface area contributed by atoms with Crippen LogP contribution in [-0.4, -0.2) is 33.9 Å². The van der Waals surface area contributed by atoms with Gasteiger partial charge >= 0.3 is 6.09 Å². The van der Waals surface area contributed by atoms with E-state index < -0.39 is 11.7 Å². The summed E-state index contributed by atoms with van der Waals surface area (Å²) in [6.07, 6.45) is 1.04. The van der Waals surface area contributed by atoms with Crippen LogP contribution in [0, 0.1) is 0 Å². The van der Waals surface area contributed by atoms with Crippen molar-refractivity contribution in [3.05, 3.63) is 6.20 Å². The molecular weight excluding hydrogens is 262 g/mol. The minimum Gasteiger partial charge on any atom is -0.444 e. The van der Waals surface area contributed by atoms with Crippen LogP contribution in [0.2, 0.25) is 0 Å². The maximum absolute atomic E-state index is 11.6. The summed E-state index contributed by atoms with van der Waals surface area (Å²) in [6, 6.07) is 0. The second-order valence-electron chi connectivity index (χ2n) is 5.29. The Morgan fingerprint density at radius 3 is 2.60 bits per heavy atom. The lowest BCUT2D eigenvalue weighted by molar-refractivity contribution is -0.116. The molecule has 1 aromatic heterocycles. The molecule has 0 aliphatic heterocycles. The summed E-state index contributed by atoms with van der Waals surface area (Å²) >= 11 is 0. The Labute approximate surface area is 117 Å². The monoisotopic (exact) mass is 283 g/mol. The average molecular weight is 283 g/mol. The van der Waals surface area contributed by atoms with Crippen molar-refractivity contribution in [1.82, 2.24) is 15.1 Å². The third kappa shape index (κ3) is 5.17. The first-order chi connectivity index (χ1) is 9.19. The molecule has 0 aromatic carbocycles. The smallest absolute Gasteiger partial charge is 0.407 e. The molecular formula is C12H21N5O3. The molecule has 20 heavy (non-hydrogen) atoms. The van der Waals surface area contributed by atoms with Crippen LogP contribution in [0.1, 0.15) is 27.2 Å². The molecule has 1 aromatic rings. The van der Waals surface area contributed by atoms with Crippen LogP contribution in [0.15, 0.2) is 6.20 Å². The number of alkyl carbamates (subject to hydrolysis) is 1. The van der Waals surface area contributed by atoms with Crippen molar-refractivity contribution < 1.29 is 14.3 Å². The predicted molar refractivity (Wildman–Crippen MR) is 75.1 cm³/mol. The molecule has 0 radical (unpaired) electrons. The van der Waals surface area contributed by atoms with Crippen LogP contribution in [0.5, 0.6) is 0 Å². The van der Waals surface area contributed by atoms with Crippen molar-refractivity contribution >= 4 is 23.5 Å². The van der Waals surface area contributed by atoms with Gasteiger partial charge in [-0.05, 0) is 20.8 Å². The first-order valence-corrected chi connectivity index (χ1v) is 6.23. The van der Waals surface area contributed by atoms with Gasteiger partial charge in [-0.1, -0.05) is 0 Å². The van der Waals surface area contributed by atoms with Gasteiger partial charge in [0.2, 0.25) is 5.91 Å². The molecule has 112 valence electrons. The van der Waals surface area contributed by atoms with Gasteiger partial charge < -0.3 is 21.1 Å². The predicted octanol–water partition coefficient (Wildman–Crippen LogP) is 0.856. The second-order valence-corrected chi connectivity index (χ2v) is 5.29. The van der Waals surface area contributed by atoms with Crippen LogP contribution in [0.4, 0.5) is 16.3 Å². The number of ether oxygens (including phenoxy) is 1. The summed E-state index contributed by atoms with van der Waals surface area (Å²) in [5, 5.41) is 9.02. The number of nitrogens with one attached hydrogen (secondary N) is 2. The highest BCUT2D eigenvalue weighted by Crippen LogP contribution is 2.15. The normalized spacial score (nSPS) is 11.0. The van der Waals surface area contributed by atoms with E-state index in [1.54, 1.807) is 27.8 Å². The number of hydrogen-bond acceptors (Lipinski definition) is 5. The minimum atomic E-state index is -0.559. The number of anilines is 2. The molecule has 0 aliphatic carbocycles. The highest BCUT2D eigenvalue weighted by molar-refractivity contribution is 5.93. The molecule has 0 fully saturated rings. The fraction of sp³-hybridized carbons (Fsp3) is 0.583. The molecule has 0 saturated carbocycles. The molecule has 0 atom stereocenters. The number of hydrogen-bond donors (Lipinski definition) is 3. The van der Waals surface area contributed by atoms with Gasteiger partial charge in [-0.15, -0.1) is 0 Å². The lowest BCUT2D eigenvalue weighted by Crippen LogP contribution is -2.34. The Morgan fingerprint density at radius 1 is 1.45 bits per heavy atom. The van der Waals surface area contributed by atoms with Crippen molar-refractivity contribution in [2.75, 3.05) is 17.6 Å². The van der Waals surface area contributed by atoms with Crippen molar-refractivity contribution in [3.63, 3.8) is 0 Å². The highest BCUT2D eigenvalue weighted by Gasteiger charge is 2.16. The SMILES string of the molecule is Cn1ncc(NC(=O)CCNC(=O)OC(C)(C)C)c1N. The van der Waals surface area contributed by atoms with E-state index in [0.29, 0.717) is 11.5 Å². The number of aromatic nitrogens is 2. The maximum atomic E-state index is 11.6. The number of aryl methyl sites for hydroxylation is 1. The van der Waals surface area contributed by atoms with E-state index in [-0.39, 0.29) is 18.9 Å². The molecule has 8 nitrogen and oxygen atoms in total. The summed E-state index contributed by atoms with van der Waals surface area (Å²) in [6.45, 7) is 5.49. The van der Waals surface area contributed by atoms with Gasteiger partial charge in [0, 0.05) is 20.0 Å². The van der Waals surface area contributed by atoms with E-state index in [1.165, 1.54) is 10.9 Å². The molecule has 4 N–H and O–H groups in total. The average Bonchev–Trinajstić information content (AvgIpc) is 2.58. The van der Waals surface area contributed by atoms with Crippen LogP contribution in [0.25, 0.3) is 0 Å². The molecule has 0 spiro atoms. The third-order valence-corrected chi connectivity index (χ3v) is 2.28. The molecule has 8 heteroatoms. The van der Waals surface area contributed by atoms with Gasteiger partial charge in [-0.2, -0.15) is 5.10 Å². The Kier molecular flexibility index (Phi) is 4.95. The summed E-state index contributed by atoms with van der Waals surface area (Å²) in [5.41, 5.74) is 5.59. The van der Waals surface area contributed by atoms with Gasteiger partial charge in [-0.3, -0.25) is 9.48 Å². The molecule has 0 unspecified atom stereocenters. The summed E-state index contributed by atoms with van der Waals surface area (Å²) in [4.78, 5) is 23.0. The van der Waals surface area contributed by atoms with Crippen molar-refractivity contribution in [2.45, 2.75) is 32.8 Å². The third-order valence-electron chi connectivity index (χ3n) is 2.28. The standard InChI is InChI=1S/C12H21N5O3/c1-12(2,3)20-11(19)14-6-5-9(18)16-8-7-15-17(4)10(8)13/h7H,5-6,13H2,1-4H3,(H,14,19)(H,16,18). The number of nitrogens with two attached hydrogens (primary N) is 1. The largest absolute Gasteiger partial charge is 0.444 e. The fourth-order valence-electron chi connectivity index (χ4n) is 1.35. The first kappa shape index (κ1) is 15.8. The number of rotatable bonds is 4. The topological polar surface area (TPSA) is 111 Å². The second kappa shape index (κ2) is 6.27. The molecule has 0 bridgehead atoms. The van der Waals surface area contributed by atoms with E-state index in [9.17, 15) is 9.59 Å². The zero-order chi connectivity index (χ0) is 15.3. The lowest BCUT2D eigenvalue weighted by Gasteiger charge is -2.19. The Bertz CT molecular complexity index is 490. The van der Waals surface area contributed by atoms with Crippen LogP contribution >= 0.6 is 0 Å². The lowest BCUT2D eigenvalue weighted by atomic mass is 10.2. The molecule has 2 amide bonds. The number of carbonyl (C=O) groups is 2. The maximum Gasteiger partial charge on any atom is 0.407 e. The zero-order valence-electron chi connectivity index (χ0n) is 12.2. The van der Waals surface area contributed by atoms with Gasteiger partial charge in [0.15, 0.2) is 0 Å². The highest BCUT2D eigenvalue weighted by atomic mass is 16.6. The number of nitrogens with zero attached hydrogens (tertiary/aromatic N) is 2. The summed E-state index contributed by atoms with van der Waals surface area (Å²) in [7, 11) is 1.68. The van der Waals surface area contributed by atoms with Gasteiger partial charge in [-0.25, -0.2) is 4.79 Å². The number of amides is 2. The Morgan fingerprint density at radius 2 is 2.10 bits per heavy atom. The fourth-order valence-corrected chi connectivity index (χ4v) is 1.35. The quantitative estimate of drug-likeness (QED) is 0.758. The van der Waals surface area contributed by atoms with E-state index in [1.807, 2.05) is 0 Å². The van der Waals surface area contributed by atoms with Gasteiger partial charge in [0.05, 0.1) is 6.20 Å². The van der Waals surface area contributed by atoms with Gasteiger partial charge in [0.1, 0.15) is 17.1 Å². The summed E-state index contributed by atoms with van der Waals surface area (Å²) < 4.78 is 6.50. The van der Waals surface area contributed by atoms with Crippen LogP contribution in [0.3, 0.4) is 0 Å². The number of carbonyl (C=O) groups excluding carboxylic acids is 2. The zero-order valence-corrected chi connectivity index (χ0v) is 12.2. The van der Waals surface area contributed by atoms with E-state index in [0.717, 1.165) is 0 Å². The molecule has 0 aliphatic rings. The van der Waals surface area contributed by atoms with Crippen LogP contribution < -0.4 is 16.4 Å². The van der Waals surface area contributed by atoms with Gasteiger partial charge in [0.25, 0.3) is 0 Å².